The summed E-state index contributed by atoms with van der Waals surface area (Å²) in [7, 11) is 0. The predicted octanol–water partition coefficient (Wildman–Crippen LogP) is 2.36. The van der Waals surface area contributed by atoms with Crippen molar-refractivity contribution in [2.24, 2.45) is 0 Å². The first-order chi connectivity index (χ1) is 8.49. The van der Waals surface area contributed by atoms with Crippen molar-refractivity contribution < 1.29 is 24.5 Å². The van der Waals surface area contributed by atoms with E-state index in [1.54, 1.807) is 6.92 Å². The Bertz CT molecular complexity index is 215. The lowest BCUT2D eigenvalue weighted by Crippen LogP contribution is -2.17. The maximum atomic E-state index is 10.8. The standard InChI is InChI=1S/C9H18O2.C4H8O3/c1-3-5-6-8-11-9(10)7-4-2;1-2-3(5)4(6)7/h3-8H2,1-2H3;3,5H,2H2,1H3,(H,6,7). The molecule has 0 aliphatic carbocycles. The van der Waals surface area contributed by atoms with Gasteiger partial charge in [0.1, 0.15) is 0 Å². The molecule has 0 heterocycles. The van der Waals surface area contributed by atoms with Crippen LogP contribution in [0.3, 0.4) is 0 Å². The predicted molar refractivity (Wildman–Crippen MR) is 69.3 cm³/mol. The van der Waals surface area contributed by atoms with E-state index in [0.717, 1.165) is 19.3 Å². The second-order valence-corrected chi connectivity index (χ2v) is 3.94. The van der Waals surface area contributed by atoms with Crippen molar-refractivity contribution >= 4 is 11.9 Å². The fraction of sp³-hybridized carbons (Fsp3) is 0.846. The van der Waals surface area contributed by atoms with E-state index >= 15 is 0 Å². The number of carbonyl (C=O) groups is 2. The number of hydrogen-bond acceptors (Lipinski definition) is 4. The summed E-state index contributed by atoms with van der Waals surface area (Å²) in [5, 5.41) is 16.3. The van der Waals surface area contributed by atoms with Crippen LogP contribution in [-0.4, -0.2) is 34.9 Å². The van der Waals surface area contributed by atoms with Crippen LogP contribution < -0.4 is 0 Å². The van der Waals surface area contributed by atoms with Crippen LogP contribution in [0.1, 0.15) is 59.3 Å². The van der Waals surface area contributed by atoms with Crippen LogP contribution in [0.5, 0.6) is 0 Å². The first-order valence-electron chi connectivity index (χ1n) is 6.55. The van der Waals surface area contributed by atoms with Gasteiger partial charge in [0.15, 0.2) is 6.10 Å². The Hall–Kier alpha value is -1.10. The van der Waals surface area contributed by atoms with Crippen molar-refractivity contribution in [2.45, 2.75) is 65.4 Å². The third-order valence-corrected chi connectivity index (χ3v) is 2.14. The van der Waals surface area contributed by atoms with Gasteiger partial charge in [-0.25, -0.2) is 4.79 Å². The molecule has 1 unspecified atom stereocenters. The molecular formula is C13H26O5. The number of carboxylic acid groups (broad SMARTS) is 1. The molecule has 0 saturated heterocycles. The summed E-state index contributed by atoms with van der Waals surface area (Å²) in [5.74, 6) is -1.20. The van der Waals surface area contributed by atoms with E-state index in [1.165, 1.54) is 6.42 Å². The molecule has 5 nitrogen and oxygen atoms in total. The summed E-state index contributed by atoms with van der Waals surface area (Å²) in [5.41, 5.74) is 0. The molecule has 108 valence electrons. The molecule has 0 aromatic carbocycles. The van der Waals surface area contributed by atoms with Crippen LogP contribution in [0.25, 0.3) is 0 Å². The van der Waals surface area contributed by atoms with Crippen LogP contribution in [-0.2, 0) is 14.3 Å². The second-order valence-electron chi connectivity index (χ2n) is 3.94. The molecule has 5 heteroatoms. The molecule has 1 atom stereocenters. The summed E-state index contributed by atoms with van der Waals surface area (Å²) in [6, 6.07) is 0. The smallest absolute Gasteiger partial charge is 0.332 e. The van der Waals surface area contributed by atoms with Gasteiger partial charge in [0.05, 0.1) is 6.61 Å². The highest BCUT2D eigenvalue weighted by atomic mass is 16.5. The zero-order valence-corrected chi connectivity index (χ0v) is 11.6. The van der Waals surface area contributed by atoms with Crippen molar-refractivity contribution in [1.29, 1.82) is 0 Å². The number of carbonyl (C=O) groups excluding carboxylic acids is 1. The van der Waals surface area contributed by atoms with Crippen LogP contribution in [0, 0.1) is 0 Å². The molecule has 0 bridgehead atoms. The van der Waals surface area contributed by atoms with E-state index < -0.39 is 12.1 Å². The molecule has 0 amide bonds. The number of ether oxygens (including phenoxy) is 1. The molecule has 0 rings (SSSR count). The Labute approximate surface area is 109 Å². The van der Waals surface area contributed by atoms with Gasteiger partial charge in [-0.1, -0.05) is 33.6 Å². The van der Waals surface area contributed by atoms with Crippen molar-refractivity contribution in [3.63, 3.8) is 0 Å². The first-order valence-corrected chi connectivity index (χ1v) is 6.55. The molecule has 2 N–H and O–H groups in total. The summed E-state index contributed by atoms with van der Waals surface area (Å²) < 4.78 is 4.95. The van der Waals surface area contributed by atoms with Gasteiger partial charge in [-0.2, -0.15) is 0 Å². The lowest BCUT2D eigenvalue weighted by atomic mass is 10.3. The maximum Gasteiger partial charge on any atom is 0.332 e. The van der Waals surface area contributed by atoms with Crippen molar-refractivity contribution in [3.8, 4) is 0 Å². The molecule has 0 aliphatic heterocycles. The number of aliphatic hydroxyl groups is 1. The van der Waals surface area contributed by atoms with Gasteiger partial charge < -0.3 is 14.9 Å². The summed E-state index contributed by atoms with van der Waals surface area (Å²) in [6.45, 7) is 6.33. The second kappa shape index (κ2) is 14.0. The summed E-state index contributed by atoms with van der Waals surface area (Å²) in [6.07, 6.45) is 3.87. The average Bonchev–Trinajstić information content (AvgIpc) is 2.34. The Kier molecular flexibility index (Phi) is 14.9. The van der Waals surface area contributed by atoms with E-state index in [4.69, 9.17) is 14.9 Å². The molecule has 0 aromatic heterocycles. The molecular weight excluding hydrogens is 236 g/mol. The van der Waals surface area contributed by atoms with E-state index in [9.17, 15) is 9.59 Å². The lowest BCUT2D eigenvalue weighted by Gasteiger charge is -2.01. The van der Waals surface area contributed by atoms with E-state index in [2.05, 4.69) is 6.92 Å². The van der Waals surface area contributed by atoms with Crippen molar-refractivity contribution in [1.82, 2.24) is 0 Å². The molecule has 0 spiro atoms. The lowest BCUT2D eigenvalue weighted by molar-refractivity contribution is -0.146. The molecule has 0 aliphatic rings. The van der Waals surface area contributed by atoms with Crippen molar-refractivity contribution in [3.05, 3.63) is 0 Å². The van der Waals surface area contributed by atoms with Crippen LogP contribution >= 0.6 is 0 Å². The van der Waals surface area contributed by atoms with Crippen LogP contribution in [0.2, 0.25) is 0 Å². The molecule has 0 aromatic rings. The number of aliphatic carboxylic acids is 1. The normalized spacial score (nSPS) is 11.1. The van der Waals surface area contributed by atoms with E-state index in [0.29, 0.717) is 13.0 Å². The van der Waals surface area contributed by atoms with Gasteiger partial charge in [-0.3, -0.25) is 4.79 Å². The zero-order valence-electron chi connectivity index (χ0n) is 11.6. The number of unbranched alkanes of at least 4 members (excludes halogenated alkanes) is 2. The molecule has 18 heavy (non-hydrogen) atoms. The van der Waals surface area contributed by atoms with Gasteiger partial charge in [0.2, 0.25) is 0 Å². The number of carboxylic acids is 1. The monoisotopic (exact) mass is 262 g/mol. The third kappa shape index (κ3) is 14.9. The number of aliphatic hydroxyl groups excluding tert-OH is 1. The minimum absolute atomic E-state index is 0.0522. The molecule has 0 saturated carbocycles. The fourth-order valence-corrected chi connectivity index (χ4v) is 0.989. The SMILES string of the molecule is CCC(O)C(=O)O.CCCCCOC(=O)CCC. The summed E-state index contributed by atoms with van der Waals surface area (Å²) >= 11 is 0. The topological polar surface area (TPSA) is 83.8 Å². The largest absolute Gasteiger partial charge is 0.479 e. The van der Waals surface area contributed by atoms with Gasteiger partial charge in [0, 0.05) is 6.42 Å². The first kappa shape index (κ1) is 19.2. The fourth-order valence-electron chi connectivity index (χ4n) is 0.989. The number of esters is 1. The van der Waals surface area contributed by atoms with Crippen LogP contribution in [0.4, 0.5) is 0 Å². The zero-order chi connectivity index (χ0) is 14.4. The maximum absolute atomic E-state index is 10.8. The van der Waals surface area contributed by atoms with Crippen molar-refractivity contribution in [2.75, 3.05) is 6.61 Å². The van der Waals surface area contributed by atoms with E-state index in [1.807, 2.05) is 6.92 Å². The van der Waals surface area contributed by atoms with Gasteiger partial charge in [0.25, 0.3) is 0 Å². The molecule has 0 fully saturated rings. The number of hydrogen-bond donors (Lipinski definition) is 2. The quantitative estimate of drug-likeness (QED) is 0.518. The van der Waals surface area contributed by atoms with Gasteiger partial charge in [-0.05, 0) is 19.3 Å². The highest BCUT2D eigenvalue weighted by Gasteiger charge is 2.07. The minimum atomic E-state index is -1.18. The highest BCUT2D eigenvalue weighted by Crippen LogP contribution is 1.96. The highest BCUT2D eigenvalue weighted by molar-refractivity contribution is 5.71. The van der Waals surface area contributed by atoms with Gasteiger partial charge >= 0.3 is 11.9 Å². The third-order valence-electron chi connectivity index (χ3n) is 2.14. The Morgan fingerprint density at radius 1 is 1.11 bits per heavy atom. The average molecular weight is 262 g/mol. The number of rotatable bonds is 8. The molecule has 0 radical (unpaired) electrons. The summed E-state index contributed by atoms with van der Waals surface area (Å²) in [4.78, 5) is 20.5. The Morgan fingerprint density at radius 2 is 1.72 bits per heavy atom. The Balaban J connectivity index is 0. The van der Waals surface area contributed by atoms with Crippen LogP contribution in [0.15, 0.2) is 0 Å². The van der Waals surface area contributed by atoms with Gasteiger partial charge in [-0.15, -0.1) is 0 Å². The van der Waals surface area contributed by atoms with E-state index in [-0.39, 0.29) is 12.4 Å². The minimum Gasteiger partial charge on any atom is -0.479 e. The Morgan fingerprint density at radius 3 is 2.06 bits per heavy atom.